The molecule has 1 saturated heterocycles. The first-order valence-electron chi connectivity index (χ1n) is 11.9. The molecule has 0 amide bonds. The summed E-state index contributed by atoms with van der Waals surface area (Å²) in [6.45, 7) is 7.68. The van der Waals surface area contributed by atoms with Crippen LogP contribution >= 0.6 is 22.9 Å². The highest BCUT2D eigenvalue weighted by Crippen LogP contribution is 2.32. The Hall–Kier alpha value is -2.84. The van der Waals surface area contributed by atoms with Crippen LogP contribution in [0.3, 0.4) is 0 Å². The molecule has 0 saturated carbocycles. The molecule has 2 aromatic heterocycles. The molecule has 1 aliphatic heterocycles. The highest BCUT2D eigenvalue weighted by atomic mass is 35.5. The van der Waals surface area contributed by atoms with Crippen LogP contribution < -0.4 is 4.90 Å². The van der Waals surface area contributed by atoms with E-state index in [1.807, 2.05) is 32.0 Å². The maximum atomic E-state index is 12.9. The number of carbonyl (C=O) groups excluding carboxylic acids is 2. The van der Waals surface area contributed by atoms with Gasteiger partial charge in [-0.1, -0.05) is 30.7 Å². The number of ether oxygens (including phenoxy) is 1. The predicted molar refractivity (Wildman–Crippen MR) is 138 cm³/mol. The van der Waals surface area contributed by atoms with E-state index in [4.69, 9.17) is 21.3 Å². The zero-order valence-electron chi connectivity index (χ0n) is 20.2. The number of carbonyl (C=O) groups is 2. The Morgan fingerprint density at radius 2 is 1.94 bits per heavy atom. The zero-order valence-corrected chi connectivity index (χ0v) is 21.8. The van der Waals surface area contributed by atoms with E-state index in [9.17, 15) is 9.59 Å². The van der Waals surface area contributed by atoms with Gasteiger partial charge >= 0.3 is 5.97 Å². The fourth-order valence-corrected chi connectivity index (χ4v) is 5.35. The number of hydrogen-bond acceptors (Lipinski definition) is 8. The van der Waals surface area contributed by atoms with Crippen molar-refractivity contribution >= 4 is 40.5 Å². The van der Waals surface area contributed by atoms with Gasteiger partial charge in [0.15, 0.2) is 5.78 Å². The van der Waals surface area contributed by atoms with Crippen molar-refractivity contribution in [2.45, 2.75) is 46.5 Å². The van der Waals surface area contributed by atoms with E-state index >= 15 is 0 Å². The summed E-state index contributed by atoms with van der Waals surface area (Å²) in [6, 6.07) is 5.93. The molecule has 0 N–H and O–H groups in total. The lowest BCUT2D eigenvalue weighted by atomic mass is 9.97. The molecule has 7 nitrogen and oxygen atoms in total. The third-order valence-corrected chi connectivity index (χ3v) is 7.79. The van der Waals surface area contributed by atoms with Gasteiger partial charge in [-0.3, -0.25) is 9.59 Å². The van der Waals surface area contributed by atoms with Crippen LogP contribution in [-0.4, -0.2) is 46.4 Å². The molecular formula is C26H29ClN4O3S. The maximum absolute atomic E-state index is 12.9. The van der Waals surface area contributed by atoms with Crippen molar-refractivity contribution in [2.75, 3.05) is 24.6 Å². The number of thiazole rings is 1. The van der Waals surface area contributed by atoms with Gasteiger partial charge in [-0.15, -0.1) is 11.3 Å². The van der Waals surface area contributed by atoms with Crippen molar-refractivity contribution in [1.82, 2.24) is 15.0 Å². The van der Waals surface area contributed by atoms with Crippen LogP contribution in [0.25, 0.3) is 11.3 Å². The molecule has 184 valence electrons. The fourth-order valence-electron chi connectivity index (χ4n) is 4.14. The second-order valence-corrected chi connectivity index (χ2v) is 10.1. The largest absolute Gasteiger partial charge is 0.466 e. The summed E-state index contributed by atoms with van der Waals surface area (Å²) < 4.78 is 5.13. The number of piperidine rings is 1. The van der Waals surface area contributed by atoms with Crippen LogP contribution in [0.2, 0.25) is 5.02 Å². The van der Waals surface area contributed by atoms with Gasteiger partial charge in [0.05, 0.1) is 37.0 Å². The summed E-state index contributed by atoms with van der Waals surface area (Å²) in [5.41, 5.74) is 3.19. The summed E-state index contributed by atoms with van der Waals surface area (Å²) in [7, 11) is 0. The number of nitrogens with zero attached hydrogens (tertiary/aromatic N) is 4. The van der Waals surface area contributed by atoms with E-state index in [0.29, 0.717) is 36.2 Å². The summed E-state index contributed by atoms with van der Waals surface area (Å²) in [5.74, 6) is 0.410. The number of aryl methyl sites for hydroxylation is 2. The monoisotopic (exact) mass is 512 g/mol. The van der Waals surface area contributed by atoms with Gasteiger partial charge in [-0.05, 0) is 44.7 Å². The third-order valence-electron chi connectivity index (χ3n) is 6.18. The van der Waals surface area contributed by atoms with Gasteiger partial charge in [0.1, 0.15) is 16.5 Å². The highest BCUT2D eigenvalue weighted by Gasteiger charge is 2.27. The molecule has 0 unspecified atom stereocenters. The Kier molecular flexibility index (Phi) is 8.13. The minimum absolute atomic E-state index is 0.0628. The Morgan fingerprint density at radius 3 is 2.57 bits per heavy atom. The van der Waals surface area contributed by atoms with Crippen molar-refractivity contribution in [3.05, 3.63) is 56.8 Å². The maximum Gasteiger partial charge on any atom is 0.309 e. The fraction of sp³-hybridized carbons (Fsp3) is 0.423. The molecule has 9 heteroatoms. The Labute approximate surface area is 214 Å². The molecule has 0 radical (unpaired) electrons. The van der Waals surface area contributed by atoms with Crippen LogP contribution in [0, 0.1) is 12.8 Å². The average molecular weight is 513 g/mol. The van der Waals surface area contributed by atoms with Crippen molar-refractivity contribution in [1.29, 1.82) is 0 Å². The van der Waals surface area contributed by atoms with E-state index in [1.165, 1.54) is 6.20 Å². The van der Waals surface area contributed by atoms with Crippen molar-refractivity contribution in [2.24, 2.45) is 5.92 Å². The normalized spacial score (nSPS) is 14.2. The number of anilines is 1. The molecular weight excluding hydrogens is 484 g/mol. The number of Topliss-reactive ketones (excluding diaryl/α,β-unsaturated/α-hetero) is 1. The number of halogens is 1. The molecule has 0 spiro atoms. The van der Waals surface area contributed by atoms with Crippen molar-refractivity contribution in [3.63, 3.8) is 0 Å². The van der Waals surface area contributed by atoms with Crippen LogP contribution in [0.4, 0.5) is 5.82 Å². The second-order valence-electron chi connectivity index (χ2n) is 8.57. The standard InChI is InChI=1S/C26H29ClN4O3S/c1-4-22-25(18-7-6-16(3)19(27)12-18)30-24(35-22)13-21(32)20-14-29-23(15-28-20)31-10-8-17(9-11-31)26(33)34-5-2/h6-7,12,14-15,17H,4-5,8-11,13H2,1-3H3. The Morgan fingerprint density at radius 1 is 1.17 bits per heavy atom. The number of rotatable bonds is 8. The topological polar surface area (TPSA) is 85.3 Å². The van der Waals surface area contributed by atoms with E-state index in [2.05, 4.69) is 21.8 Å². The molecule has 1 fully saturated rings. The molecule has 4 rings (SSSR count). The molecule has 1 aromatic carbocycles. The molecule has 0 atom stereocenters. The van der Waals surface area contributed by atoms with E-state index in [0.717, 1.165) is 46.0 Å². The van der Waals surface area contributed by atoms with Gasteiger partial charge in [0.2, 0.25) is 0 Å². The van der Waals surface area contributed by atoms with Crippen LogP contribution in [0.5, 0.6) is 0 Å². The van der Waals surface area contributed by atoms with Gasteiger partial charge < -0.3 is 9.64 Å². The summed E-state index contributed by atoms with van der Waals surface area (Å²) in [6.07, 6.45) is 5.62. The quantitative estimate of drug-likeness (QED) is 0.298. The van der Waals surface area contributed by atoms with E-state index in [1.54, 1.807) is 17.5 Å². The van der Waals surface area contributed by atoms with Gasteiger partial charge in [-0.25, -0.2) is 15.0 Å². The molecule has 1 aliphatic rings. The molecule has 3 heterocycles. The first-order chi connectivity index (χ1) is 16.9. The number of hydrogen-bond donors (Lipinski definition) is 0. The van der Waals surface area contributed by atoms with Crippen LogP contribution in [0.1, 0.15) is 52.6 Å². The molecule has 3 aromatic rings. The Bertz CT molecular complexity index is 1200. The van der Waals surface area contributed by atoms with E-state index in [-0.39, 0.29) is 24.1 Å². The van der Waals surface area contributed by atoms with Crippen molar-refractivity contribution < 1.29 is 14.3 Å². The number of benzene rings is 1. The number of ketones is 1. The minimum Gasteiger partial charge on any atom is -0.466 e. The van der Waals surface area contributed by atoms with Crippen LogP contribution in [-0.2, 0) is 22.4 Å². The number of aromatic nitrogens is 3. The van der Waals surface area contributed by atoms with Crippen molar-refractivity contribution in [3.8, 4) is 11.3 Å². The lowest BCUT2D eigenvalue weighted by Crippen LogP contribution is -2.37. The van der Waals surface area contributed by atoms with E-state index < -0.39 is 0 Å². The highest BCUT2D eigenvalue weighted by molar-refractivity contribution is 7.12. The summed E-state index contributed by atoms with van der Waals surface area (Å²) in [4.78, 5) is 41.7. The molecule has 0 aliphatic carbocycles. The summed E-state index contributed by atoms with van der Waals surface area (Å²) >= 11 is 7.87. The molecule has 35 heavy (non-hydrogen) atoms. The lowest BCUT2D eigenvalue weighted by Gasteiger charge is -2.31. The minimum atomic E-state index is -0.124. The summed E-state index contributed by atoms with van der Waals surface area (Å²) in [5, 5.41) is 1.46. The van der Waals surface area contributed by atoms with Gasteiger partial charge in [-0.2, -0.15) is 0 Å². The number of esters is 1. The smallest absolute Gasteiger partial charge is 0.309 e. The van der Waals surface area contributed by atoms with Crippen LogP contribution in [0.15, 0.2) is 30.6 Å². The predicted octanol–water partition coefficient (Wildman–Crippen LogP) is 5.33. The first kappa shape index (κ1) is 25.3. The second kappa shape index (κ2) is 11.3. The first-order valence-corrected chi connectivity index (χ1v) is 13.1. The van der Waals surface area contributed by atoms with Gasteiger partial charge in [0, 0.05) is 28.6 Å². The average Bonchev–Trinajstić information content (AvgIpc) is 3.28. The Balaban J connectivity index is 1.40. The lowest BCUT2D eigenvalue weighted by molar-refractivity contribution is -0.148. The SMILES string of the molecule is CCOC(=O)C1CCN(c2cnc(C(=O)Cc3nc(-c4ccc(C)c(Cl)c4)c(CC)s3)cn2)CC1. The molecule has 0 bridgehead atoms. The van der Waals surface area contributed by atoms with Gasteiger partial charge in [0.25, 0.3) is 0 Å². The zero-order chi connectivity index (χ0) is 24.9. The third kappa shape index (κ3) is 5.87.